The number of nitrogen functional groups attached to an aromatic ring is 1. The monoisotopic (exact) mass is 222 g/mol. The molecule has 0 saturated heterocycles. The highest BCUT2D eigenvalue weighted by atomic mass is 35.5. The minimum atomic E-state index is -2.66. The number of nitrogens with zero attached hydrogens (tertiary/aromatic N) is 1. The fraction of sp³-hybridized carbons (Fsp3) is 0.375. The summed E-state index contributed by atoms with van der Waals surface area (Å²) in [7, 11) is 1.31. The molecule has 1 rings (SSSR count). The Labute approximate surface area is 84.8 Å². The lowest BCUT2D eigenvalue weighted by molar-refractivity contribution is 0.151. The van der Waals surface area contributed by atoms with Crippen molar-refractivity contribution in [1.82, 2.24) is 4.98 Å². The molecule has 0 radical (unpaired) electrons. The zero-order valence-electron chi connectivity index (χ0n) is 7.43. The second-order valence-corrected chi connectivity index (χ2v) is 2.83. The van der Waals surface area contributed by atoms with Gasteiger partial charge in [0.15, 0.2) is 0 Å². The molecule has 3 nitrogen and oxygen atoms in total. The number of alkyl halides is 3. The van der Waals surface area contributed by atoms with Crippen LogP contribution in [0.25, 0.3) is 0 Å². The summed E-state index contributed by atoms with van der Waals surface area (Å²) in [4.78, 5) is 3.84. The highest BCUT2D eigenvalue weighted by Crippen LogP contribution is 2.31. The van der Waals surface area contributed by atoms with Gasteiger partial charge in [0.05, 0.1) is 18.7 Å². The van der Waals surface area contributed by atoms with Gasteiger partial charge in [-0.3, -0.25) is 0 Å². The first-order chi connectivity index (χ1) is 6.60. The summed E-state index contributed by atoms with van der Waals surface area (Å²) in [5.41, 5.74) is 5.28. The molecular weight excluding hydrogens is 214 g/mol. The summed E-state index contributed by atoms with van der Waals surface area (Å²) in [6.45, 7) is 0. The molecule has 2 N–H and O–H groups in total. The predicted molar refractivity (Wildman–Crippen MR) is 49.7 cm³/mol. The minimum absolute atomic E-state index is 0.0153. The Hall–Kier alpha value is -1.10. The average molecular weight is 223 g/mol. The van der Waals surface area contributed by atoms with Crippen LogP contribution in [0.5, 0.6) is 5.88 Å². The molecule has 1 aromatic heterocycles. The highest BCUT2D eigenvalue weighted by molar-refractivity contribution is 6.16. The number of ether oxygens (including phenoxy) is 1. The Morgan fingerprint density at radius 3 is 2.71 bits per heavy atom. The molecule has 0 aliphatic heterocycles. The maximum atomic E-state index is 12.5. The van der Waals surface area contributed by atoms with Crippen LogP contribution in [-0.4, -0.2) is 12.1 Å². The molecule has 0 aliphatic carbocycles. The van der Waals surface area contributed by atoms with Gasteiger partial charge >= 0.3 is 0 Å². The van der Waals surface area contributed by atoms with E-state index in [1.165, 1.54) is 13.2 Å². The van der Waals surface area contributed by atoms with Crippen LogP contribution in [-0.2, 0) is 5.88 Å². The van der Waals surface area contributed by atoms with Crippen molar-refractivity contribution in [2.45, 2.75) is 12.3 Å². The zero-order valence-corrected chi connectivity index (χ0v) is 8.18. The fourth-order valence-corrected chi connectivity index (χ4v) is 1.15. The largest absolute Gasteiger partial charge is 0.480 e. The van der Waals surface area contributed by atoms with Crippen LogP contribution < -0.4 is 10.5 Å². The van der Waals surface area contributed by atoms with Crippen molar-refractivity contribution < 1.29 is 13.5 Å². The van der Waals surface area contributed by atoms with Gasteiger partial charge in [0.25, 0.3) is 6.43 Å². The molecular formula is C8H9ClF2N2O. The van der Waals surface area contributed by atoms with E-state index in [2.05, 4.69) is 4.98 Å². The van der Waals surface area contributed by atoms with Gasteiger partial charge in [-0.1, -0.05) is 0 Å². The molecule has 14 heavy (non-hydrogen) atoms. The first kappa shape index (κ1) is 11.0. The molecule has 0 unspecified atom stereocenters. The lowest BCUT2D eigenvalue weighted by atomic mass is 10.2. The SMILES string of the molecule is COc1nc(CCl)cc(C(F)F)c1N. The van der Waals surface area contributed by atoms with E-state index in [0.29, 0.717) is 5.69 Å². The van der Waals surface area contributed by atoms with E-state index in [1.54, 1.807) is 0 Å². The Bertz CT molecular complexity index is 333. The molecule has 78 valence electrons. The predicted octanol–water partition coefficient (Wildman–Crippen LogP) is 2.35. The van der Waals surface area contributed by atoms with Gasteiger partial charge in [-0.15, -0.1) is 11.6 Å². The van der Waals surface area contributed by atoms with Crippen molar-refractivity contribution in [3.63, 3.8) is 0 Å². The summed E-state index contributed by atoms with van der Waals surface area (Å²) in [6.07, 6.45) is -2.66. The van der Waals surface area contributed by atoms with Gasteiger partial charge in [-0.05, 0) is 6.07 Å². The number of aromatic nitrogens is 1. The molecule has 0 fully saturated rings. The zero-order chi connectivity index (χ0) is 10.7. The molecule has 1 heterocycles. The average Bonchev–Trinajstić information content (AvgIpc) is 2.17. The summed E-state index contributed by atoms with van der Waals surface area (Å²) in [5.74, 6) is 0.0227. The van der Waals surface area contributed by atoms with Gasteiger partial charge in [0.2, 0.25) is 5.88 Å². The van der Waals surface area contributed by atoms with E-state index in [0.717, 1.165) is 0 Å². The van der Waals surface area contributed by atoms with Crippen LogP contribution in [0.4, 0.5) is 14.5 Å². The molecule has 0 atom stereocenters. The van der Waals surface area contributed by atoms with Crippen LogP contribution in [0, 0.1) is 0 Å². The topological polar surface area (TPSA) is 48.1 Å². The minimum Gasteiger partial charge on any atom is -0.480 e. The summed E-state index contributed by atoms with van der Waals surface area (Å²) < 4.78 is 29.7. The van der Waals surface area contributed by atoms with Crippen LogP contribution in [0.1, 0.15) is 17.7 Å². The van der Waals surface area contributed by atoms with Crippen molar-refractivity contribution in [2.75, 3.05) is 12.8 Å². The molecule has 0 saturated carbocycles. The maximum absolute atomic E-state index is 12.5. The van der Waals surface area contributed by atoms with Crippen LogP contribution in [0.15, 0.2) is 6.07 Å². The number of anilines is 1. The number of methoxy groups -OCH3 is 1. The van der Waals surface area contributed by atoms with Crippen molar-refractivity contribution in [2.24, 2.45) is 0 Å². The van der Waals surface area contributed by atoms with Crippen molar-refractivity contribution in [3.8, 4) is 5.88 Å². The highest BCUT2D eigenvalue weighted by Gasteiger charge is 2.17. The Morgan fingerprint density at radius 2 is 2.29 bits per heavy atom. The molecule has 0 spiro atoms. The van der Waals surface area contributed by atoms with Crippen LogP contribution in [0.3, 0.4) is 0 Å². The standard InChI is InChI=1S/C8H9ClF2N2O/c1-14-8-6(12)5(7(10)11)2-4(3-9)13-8/h2,7H,3,12H2,1H3. The van der Waals surface area contributed by atoms with E-state index in [1.807, 2.05) is 0 Å². The molecule has 6 heteroatoms. The molecule has 1 aromatic rings. The quantitative estimate of drug-likeness (QED) is 0.799. The molecule has 0 bridgehead atoms. The van der Waals surface area contributed by atoms with Crippen LogP contribution >= 0.6 is 11.6 Å². The summed E-state index contributed by atoms with van der Waals surface area (Å²) >= 11 is 5.48. The molecule has 0 amide bonds. The number of nitrogens with two attached hydrogens (primary N) is 1. The van der Waals surface area contributed by atoms with Gasteiger partial charge in [0.1, 0.15) is 5.69 Å². The van der Waals surface area contributed by atoms with Gasteiger partial charge < -0.3 is 10.5 Å². The Kier molecular flexibility index (Phi) is 3.46. The fourth-order valence-electron chi connectivity index (χ4n) is 1.01. The third-order valence-corrected chi connectivity index (χ3v) is 1.95. The Morgan fingerprint density at radius 1 is 1.64 bits per heavy atom. The molecule has 0 aliphatic rings. The lowest BCUT2D eigenvalue weighted by Gasteiger charge is -2.10. The van der Waals surface area contributed by atoms with Gasteiger partial charge in [0, 0.05) is 5.56 Å². The maximum Gasteiger partial charge on any atom is 0.266 e. The first-order valence-corrected chi connectivity index (χ1v) is 4.31. The van der Waals surface area contributed by atoms with E-state index in [-0.39, 0.29) is 23.0 Å². The Balaban J connectivity index is 3.27. The number of hydrogen-bond acceptors (Lipinski definition) is 3. The van der Waals surface area contributed by atoms with Crippen molar-refractivity contribution >= 4 is 17.3 Å². The number of pyridine rings is 1. The summed E-state index contributed by atoms with van der Waals surface area (Å²) in [5, 5.41) is 0. The van der Waals surface area contributed by atoms with E-state index < -0.39 is 6.43 Å². The van der Waals surface area contributed by atoms with Gasteiger partial charge in [-0.25, -0.2) is 13.8 Å². The van der Waals surface area contributed by atoms with E-state index in [4.69, 9.17) is 22.1 Å². The number of rotatable bonds is 3. The third kappa shape index (κ3) is 2.04. The number of halogens is 3. The van der Waals surface area contributed by atoms with Crippen LogP contribution in [0.2, 0.25) is 0 Å². The summed E-state index contributed by atoms with van der Waals surface area (Å²) in [6, 6.07) is 1.18. The number of hydrogen-bond donors (Lipinski definition) is 1. The first-order valence-electron chi connectivity index (χ1n) is 3.77. The van der Waals surface area contributed by atoms with Crippen molar-refractivity contribution in [1.29, 1.82) is 0 Å². The van der Waals surface area contributed by atoms with Gasteiger partial charge in [-0.2, -0.15) is 0 Å². The molecule has 0 aromatic carbocycles. The smallest absolute Gasteiger partial charge is 0.266 e. The lowest BCUT2D eigenvalue weighted by Crippen LogP contribution is -2.03. The van der Waals surface area contributed by atoms with Crippen molar-refractivity contribution in [3.05, 3.63) is 17.3 Å². The van der Waals surface area contributed by atoms with E-state index >= 15 is 0 Å². The second-order valence-electron chi connectivity index (χ2n) is 2.56. The second kappa shape index (κ2) is 4.41. The van der Waals surface area contributed by atoms with E-state index in [9.17, 15) is 8.78 Å². The normalized spacial score (nSPS) is 10.6. The third-order valence-electron chi connectivity index (χ3n) is 1.67.